The third-order valence-electron chi connectivity index (χ3n) is 3.39. The highest BCUT2D eigenvalue weighted by Crippen LogP contribution is 2.53. The molecule has 1 aromatic heterocycles. The van der Waals surface area contributed by atoms with Crippen molar-refractivity contribution in [3.63, 3.8) is 0 Å². The SMILES string of the molecule is O=C(NCC(O)c1cc2ccccc2s1)C1CC1(Cl)Cl. The largest absolute Gasteiger partial charge is 0.386 e. The number of aliphatic hydroxyl groups excluding tert-OH is 1. The first-order chi connectivity index (χ1) is 9.47. The highest BCUT2D eigenvalue weighted by molar-refractivity contribution is 7.19. The number of hydrogen-bond acceptors (Lipinski definition) is 3. The number of fused-ring (bicyclic) bond motifs is 1. The monoisotopic (exact) mass is 329 g/mol. The van der Waals surface area contributed by atoms with Crippen molar-refractivity contribution >= 4 is 50.5 Å². The average molecular weight is 330 g/mol. The lowest BCUT2D eigenvalue weighted by Gasteiger charge is -2.10. The van der Waals surface area contributed by atoms with E-state index in [2.05, 4.69) is 5.32 Å². The molecule has 20 heavy (non-hydrogen) atoms. The van der Waals surface area contributed by atoms with Crippen LogP contribution in [0.2, 0.25) is 0 Å². The Morgan fingerprint density at radius 1 is 1.50 bits per heavy atom. The Morgan fingerprint density at radius 2 is 2.20 bits per heavy atom. The van der Waals surface area contributed by atoms with Crippen LogP contribution in [0, 0.1) is 5.92 Å². The fourth-order valence-corrected chi connectivity index (χ4v) is 3.64. The van der Waals surface area contributed by atoms with Crippen LogP contribution in [0.5, 0.6) is 0 Å². The average Bonchev–Trinajstić information content (AvgIpc) is 2.88. The van der Waals surface area contributed by atoms with Gasteiger partial charge in [0.25, 0.3) is 0 Å². The van der Waals surface area contributed by atoms with Gasteiger partial charge in [-0.15, -0.1) is 34.5 Å². The van der Waals surface area contributed by atoms with E-state index in [1.807, 2.05) is 30.3 Å². The van der Waals surface area contributed by atoms with Crippen LogP contribution in [0.25, 0.3) is 10.1 Å². The van der Waals surface area contributed by atoms with Gasteiger partial charge >= 0.3 is 0 Å². The quantitative estimate of drug-likeness (QED) is 0.846. The maximum absolute atomic E-state index is 11.7. The van der Waals surface area contributed by atoms with Gasteiger partial charge in [-0.05, 0) is 23.9 Å². The second kappa shape index (κ2) is 5.19. The molecule has 0 aliphatic heterocycles. The van der Waals surface area contributed by atoms with Crippen molar-refractivity contribution in [3.05, 3.63) is 35.2 Å². The molecule has 3 rings (SSSR count). The number of hydrogen-bond donors (Lipinski definition) is 2. The Labute approximate surface area is 130 Å². The van der Waals surface area contributed by atoms with Crippen molar-refractivity contribution in [2.45, 2.75) is 16.9 Å². The van der Waals surface area contributed by atoms with E-state index in [-0.39, 0.29) is 18.4 Å². The molecule has 0 saturated heterocycles. The van der Waals surface area contributed by atoms with Crippen LogP contribution in [0.1, 0.15) is 17.4 Å². The molecule has 1 aliphatic rings. The lowest BCUT2D eigenvalue weighted by atomic mass is 10.2. The lowest BCUT2D eigenvalue weighted by molar-refractivity contribution is -0.122. The Morgan fingerprint density at radius 3 is 2.85 bits per heavy atom. The van der Waals surface area contributed by atoms with Crippen molar-refractivity contribution in [1.29, 1.82) is 0 Å². The third-order valence-corrected chi connectivity index (χ3v) is 5.44. The Hall–Kier alpha value is -0.810. The van der Waals surface area contributed by atoms with Crippen molar-refractivity contribution in [2.24, 2.45) is 5.92 Å². The van der Waals surface area contributed by atoms with E-state index >= 15 is 0 Å². The molecule has 0 bridgehead atoms. The molecular formula is C14H13Cl2NO2S. The summed E-state index contributed by atoms with van der Waals surface area (Å²) >= 11 is 13.2. The van der Waals surface area contributed by atoms with Crippen LogP contribution in [0.4, 0.5) is 0 Å². The summed E-state index contributed by atoms with van der Waals surface area (Å²) in [6, 6.07) is 9.88. The highest BCUT2D eigenvalue weighted by atomic mass is 35.5. The van der Waals surface area contributed by atoms with Crippen LogP contribution in [0.3, 0.4) is 0 Å². The van der Waals surface area contributed by atoms with E-state index in [1.165, 1.54) is 11.3 Å². The highest BCUT2D eigenvalue weighted by Gasteiger charge is 2.56. The Balaban J connectivity index is 1.61. The van der Waals surface area contributed by atoms with Gasteiger partial charge < -0.3 is 10.4 Å². The topological polar surface area (TPSA) is 49.3 Å². The third kappa shape index (κ3) is 2.79. The van der Waals surface area contributed by atoms with Gasteiger partial charge in [-0.2, -0.15) is 0 Å². The predicted molar refractivity (Wildman–Crippen MR) is 82.3 cm³/mol. The second-order valence-electron chi connectivity index (χ2n) is 4.97. The molecule has 1 aliphatic carbocycles. The van der Waals surface area contributed by atoms with Gasteiger partial charge in [-0.3, -0.25) is 4.79 Å². The summed E-state index contributed by atoms with van der Waals surface area (Å²) in [6.07, 6.45) is -0.240. The number of thiophene rings is 1. The molecule has 3 nitrogen and oxygen atoms in total. The lowest BCUT2D eigenvalue weighted by Crippen LogP contribution is -2.30. The Kier molecular flexibility index (Phi) is 3.67. The van der Waals surface area contributed by atoms with E-state index in [9.17, 15) is 9.90 Å². The molecule has 0 spiro atoms. The molecule has 2 atom stereocenters. The number of alkyl halides is 2. The molecule has 1 fully saturated rings. The summed E-state index contributed by atoms with van der Waals surface area (Å²) in [7, 11) is 0. The van der Waals surface area contributed by atoms with Gasteiger partial charge in [-0.1, -0.05) is 18.2 Å². The summed E-state index contributed by atoms with van der Waals surface area (Å²) in [5, 5.41) is 13.9. The van der Waals surface area contributed by atoms with Crippen molar-refractivity contribution in [3.8, 4) is 0 Å². The van der Waals surface area contributed by atoms with Crippen LogP contribution in [-0.4, -0.2) is 21.9 Å². The van der Waals surface area contributed by atoms with Crippen LogP contribution in [0.15, 0.2) is 30.3 Å². The van der Waals surface area contributed by atoms with E-state index in [4.69, 9.17) is 23.2 Å². The number of aliphatic hydroxyl groups is 1. The summed E-state index contributed by atoms with van der Waals surface area (Å²) in [5.74, 6) is -0.560. The number of benzene rings is 1. The maximum atomic E-state index is 11.7. The first kappa shape index (κ1) is 14.1. The van der Waals surface area contributed by atoms with Crippen LogP contribution >= 0.6 is 34.5 Å². The van der Waals surface area contributed by atoms with Gasteiger partial charge in [-0.25, -0.2) is 0 Å². The van der Waals surface area contributed by atoms with Gasteiger partial charge in [0.15, 0.2) is 0 Å². The van der Waals surface area contributed by atoms with E-state index in [1.54, 1.807) is 0 Å². The smallest absolute Gasteiger partial charge is 0.226 e. The zero-order valence-corrected chi connectivity index (χ0v) is 12.8. The molecule has 2 unspecified atom stereocenters. The maximum Gasteiger partial charge on any atom is 0.226 e. The predicted octanol–water partition coefficient (Wildman–Crippen LogP) is 3.24. The van der Waals surface area contributed by atoms with Crippen molar-refractivity contribution < 1.29 is 9.90 Å². The van der Waals surface area contributed by atoms with Gasteiger partial charge in [0.2, 0.25) is 5.91 Å². The molecule has 1 saturated carbocycles. The first-order valence-corrected chi connectivity index (χ1v) is 7.87. The van der Waals surface area contributed by atoms with Crippen molar-refractivity contribution in [2.75, 3.05) is 6.54 Å². The molecule has 0 radical (unpaired) electrons. The van der Waals surface area contributed by atoms with Gasteiger partial charge in [0.05, 0.1) is 5.92 Å². The number of carbonyl (C=O) groups is 1. The number of halogens is 2. The van der Waals surface area contributed by atoms with Crippen LogP contribution < -0.4 is 5.32 Å². The molecule has 1 aromatic carbocycles. The second-order valence-corrected chi connectivity index (χ2v) is 7.62. The minimum absolute atomic E-state index is 0.173. The number of carbonyl (C=O) groups excluding carboxylic acids is 1. The van der Waals surface area contributed by atoms with Crippen molar-refractivity contribution in [1.82, 2.24) is 5.32 Å². The minimum Gasteiger partial charge on any atom is -0.386 e. The zero-order valence-electron chi connectivity index (χ0n) is 10.5. The van der Waals surface area contributed by atoms with E-state index < -0.39 is 10.4 Å². The Bertz CT molecular complexity index is 622. The summed E-state index contributed by atoms with van der Waals surface area (Å²) < 4.78 is 0.197. The summed E-state index contributed by atoms with van der Waals surface area (Å²) in [5.41, 5.74) is 0. The molecule has 6 heteroatoms. The fraction of sp³-hybridized carbons (Fsp3) is 0.357. The van der Waals surface area contributed by atoms with Gasteiger partial charge in [0, 0.05) is 16.1 Å². The molecule has 2 N–H and O–H groups in total. The first-order valence-electron chi connectivity index (χ1n) is 6.29. The van der Waals surface area contributed by atoms with E-state index in [0.29, 0.717) is 6.42 Å². The number of rotatable bonds is 4. The summed E-state index contributed by atoms with van der Waals surface area (Å²) in [4.78, 5) is 12.6. The molecule has 2 aromatic rings. The molecule has 1 amide bonds. The standard InChI is InChI=1S/C14H13Cl2NO2S/c15-14(16)6-9(14)13(19)17-7-10(18)12-5-8-3-1-2-4-11(8)20-12/h1-5,9-10,18H,6-7H2,(H,17,19). The number of amides is 1. The van der Waals surface area contributed by atoms with Gasteiger partial charge in [0.1, 0.15) is 10.4 Å². The zero-order chi connectivity index (χ0) is 14.3. The fourth-order valence-electron chi connectivity index (χ4n) is 2.09. The normalized spacial score (nSPS) is 21.6. The molecule has 1 heterocycles. The molecule has 106 valence electrons. The van der Waals surface area contributed by atoms with E-state index in [0.717, 1.165) is 15.0 Å². The number of nitrogens with one attached hydrogen (secondary N) is 1. The van der Waals surface area contributed by atoms with Crippen LogP contribution in [-0.2, 0) is 4.79 Å². The summed E-state index contributed by atoms with van der Waals surface area (Å²) in [6.45, 7) is 0.173. The molecular weight excluding hydrogens is 317 g/mol. The minimum atomic E-state index is -0.924.